The number of hydrogen-bond acceptors (Lipinski definition) is 2. The standard InChI is InChI=1S/C10H19NO2/c1-7(2)4-8(3)10(12)11-5-9-6-13-9/h7-9H,4-6H2,1-3H3,(H,11,12)/t8-,9?/m0/s1. The third-order valence-electron chi connectivity index (χ3n) is 2.18. The third-order valence-corrected chi connectivity index (χ3v) is 2.18. The highest BCUT2D eigenvalue weighted by Crippen LogP contribution is 2.11. The Balaban J connectivity index is 2.12. The predicted octanol–water partition coefficient (Wildman–Crippen LogP) is 1.18. The Labute approximate surface area is 79.8 Å². The van der Waals surface area contributed by atoms with Crippen molar-refractivity contribution in [2.24, 2.45) is 11.8 Å². The molecule has 1 saturated heterocycles. The zero-order valence-corrected chi connectivity index (χ0v) is 8.67. The average molecular weight is 185 g/mol. The lowest BCUT2D eigenvalue weighted by molar-refractivity contribution is -0.125. The molecule has 1 rings (SSSR count). The number of ether oxygens (including phenoxy) is 1. The Hall–Kier alpha value is -0.570. The molecule has 0 aliphatic carbocycles. The highest BCUT2D eigenvalue weighted by molar-refractivity contribution is 5.78. The van der Waals surface area contributed by atoms with Crippen LogP contribution in [0.5, 0.6) is 0 Å². The summed E-state index contributed by atoms with van der Waals surface area (Å²) in [7, 11) is 0. The van der Waals surface area contributed by atoms with Crippen LogP contribution in [0.3, 0.4) is 0 Å². The highest BCUT2D eigenvalue weighted by atomic mass is 16.6. The Kier molecular flexibility index (Phi) is 3.72. The molecule has 0 aromatic rings. The molecule has 13 heavy (non-hydrogen) atoms. The van der Waals surface area contributed by atoms with Gasteiger partial charge in [0.1, 0.15) is 0 Å². The zero-order chi connectivity index (χ0) is 9.84. The molecule has 1 unspecified atom stereocenters. The van der Waals surface area contributed by atoms with Crippen molar-refractivity contribution in [2.75, 3.05) is 13.2 Å². The summed E-state index contributed by atoms with van der Waals surface area (Å²) in [4.78, 5) is 11.4. The summed E-state index contributed by atoms with van der Waals surface area (Å²) >= 11 is 0. The molecule has 1 fully saturated rings. The first kappa shape index (κ1) is 10.5. The Morgan fingerprint density at radius 2 is 2.15 bits per heavy atom. The second-order valence-corrected chi connectivity index (χ2v) is 4.23. The van der Waals surface area contributed by atoms with Crippen molar-refractivity contribution in [1.82, 2.24) is 5.32 Å². The zero-order valence-electron chi connectivity index (χ0n) is 8.67. The fraction of sp³-hybridized carbons (Fsp3) is 0.900. The Morgan fingerprint density at radius 3 is 2.62 bits per heavy atom. The Morgan fingerprint density at radius 1 is 1.54 bits per heavy atom. The van der Waals surface area contributed by atoms with Gasteiger partial charge < -0.3 is 10.1 Å². The molecule has 0 saturated carbocycles. The molecule has 3 nitrogen and oxygen atoms in total. The molecular weight excluding hydrogens is 166 g/mol. The molecular formula is C10H19NO2. The van der Waals surface area contributed by atoms with Gasteiger partial charge in [-0.25, -0.2) is 0 Å². The molecule has 1 amide bonds. The van der Waals surface area contributed by atoms with Crippen LogP contribution in [-0.2, 0) is 9.53 Å². The average Bonchev–Trinajstić information content (AvgIpc) is 2.81. The molecule has 0 aromatic heterocycles. The number of hydrogen-bond donors (Lipinski definition) is 1. The largest absolute Gasteiger partial charge is 0.371 e. The molecule has 3 heteroatoms. The van der Waals surface area contributed by atoms with Crippen molar-refractivity contribution in [3.8, 4) is 0 Å². The minimum Gasteiger partial charge on any atom is -0.371 e. The van der Waals surface area contributed by atoms with Crippen LogP contribution in [0, 0.1) is 11.8 Å². The van der Waals surface area contributed by atoms with Gasteiger partial charge in [-0.15, -0.1) is 0 Å². The van der Waals surface area contributed by atoms with Gasteiger partial charge >= 0.3 is 0 Å². The number of epoxide rings is 1. The number of nitrogens with one attached hydrogen (secondary N) is 1. The summed E-state index contributed by atoms with van der Waals surface area (Å²) in [5.41, 5.74) is 0. The number of carbonyl (C=O) groups excluding carboxylic acids is 1. The van der Waals surface area contributed by atoms with Crippen molar-refractivity contribution in [3.63, 3.8) is 0 Å². The molecule has 1 aliphatic heterocycles. The van der Waals surface area contributed by atoms with Crippen LogP contribution in [0.15, 0.2) is 0 Å². The molecule has 0 bridgehead atoms. The number of carbonyl (C=O) groups is 1. The summed E-state index contributed by atoms with van der Waals surface area (Å²) in [6.07, 6.45) is 1.24. The second kappa shape index (κ2) is 4.61. The van der Waals surface area contributed by atoms with E-state index < -0.39 is 0 Å². The van der Waals surface area contributed by atoms with Crippen LogP contribution in [0.25, 0.3) is 0 Å². The molecule has 1 aliphatic rings. The van der Waals surface area contributed by atoms with Gasteiger partial charge in [-0.3, -0.25) is 4.79 Å². The van der Waals surface area contributed by atoms with E-state index in [1.165, 1.54) is 0 Å². The smallest absolute Gasteiger partial charge is 0.222 e. The van der Waals surface area contributed by atoms with Crippen molar-refractivity contribution in [1.29, 1.82) is 0 Å². The molecule has 0 spiro atoms. The molecule has 1 heterocycles. The van der Waals surface area contributed by atoms with E-state index in [2.05, 4.69) is 19.2 Å². The molecule has 76 valence electrons. The van der Waals surface area contributed by atoms with Crippen LogP contribution in [0.2, 0.25) is 0 Å². The van der Waals surface area contributed by atoms with Crippen LogP contribution in [-0.4, -0.2) is 25.2 Å². The summed E-state index contributed by atoms with van der Waals surface area (Å²) < 4.78 is 5.01. The van der Waals surface area contributed by atoms with Gasteiger partial charge in [0.15, 0.2) is 0 Å². The number of rotatable bonds is 5. The minimum absolute atomic E-state index is 0.124. The van der Waals surface area contributed by atoms with Gasteiger partial charge in [0.05, 0.1) is 12.7 Å². The fourth-order valence-corrected chi connectivity index (χ4v) is 1.39. The van der Waals surface area contributed by atoms with Gasteiger partial charge in [-0.1, -0.05) is 20.8 Å². The molecule has 1 N–H and O–H groups in total. The first-order valence-corrected chi connectivity index (χ1v) is 4.99. The van der Waals surface area contributed by atoms with E-state index >= 15 is 0 Å². The van der Waals surface area contributed by atoms with E-state index in [1.807, 2.05) is 6.92 Å². The summed E-state index contributed by atoms with van der Waals surface area (Å²) in [6, 6.07) is 0. The van der Waals surface area contributed by atoms with E-state index in [0.29, 0.717) is 12.5 Å². The Bertz CT molecular complexity index is 176. The lowest BCUT2D eigenvalue weighted by Gasteiger charge is -2.13. The van der Waals surface area contributed by atoms with Crippen molar-refractivity contribution in [3.05, 3.63) is 0 Å². The van der Waals surface area contributed by atoms with E-state index in [4.69, 9.17) is 4.74 Å². The SMILES string of the molecule is CC(C)C[C@H](C)C(=O)NCC1CO1. The summed E-state index contributed by atoms with van der Waals surface area (Å²) in [6.45, 7) is 7.73. The van der Waals surface area contributed by atoms with Crippen molar-refractivity contribution in [2.45, 2.75) is 33.3 Å². The normalized spacial score (nSPS) is 22.9. The van der Waals surface area contributed by atoms with Gasteiger partial charge in [0, 0.05) is 12.5 Å². The minimum atomic E-state index is 0.124. The topological polar surface area (TPSA) is 41.6 Å². The van der Waals surface area contributed by atoms with Gasteiger partial charge in [0.2, 0.25) is 5.91 Å². The van der Waals surface area contributed by atoms with E-state index in [0.717, 1.165) is 13.0 Å². The summed E-state index contributed by atoms with van der Waals surface area (Å²) in [5, 5.41) is 2.89. The van der Waals surface area contributed by atoms with Gasteiger partial charge in [-0.05, 0) is 12.3 Å². The monoisotopic (exact) mass is 185 g/mol. The fourth-order valence-electron chi connectivity index (χ4n) is 1.39. The van der Waals surface area contributed by atoms with Gasteiger partial charge in [0.25, 0.3) is 0 Å². The predicted molar refractivity (Wildman–Crippen MR) is 51.4 cm³/mol. The van der Waals surface area contributed by atoms with E-state index in [9.17, 15) is 4.79 Å². The first-order valence-electron chi connectivity index (χ1n) is 4.99. The maximum atomic E-state index is 11.4. The van der Waals surface area contributed by atoms with Crippen LogP contribution >= 0.6 is 0 Å². The summed E-state index contributed by atoms with van der Waals surface area (Å²) in [5.74, 6) is 0.862. The van der Waals surface area contributed by atoms with Crippen molar-refractivity contribution >= 4 is 5.91 Å². The van der Waals surface area contributed by atoms with E-state index in [1.54, 1.807) is 0 Å². The highest BCUT2D eigenvalue weighted by Gasteiger charge is 2.24. The third kappa shape index (κ3) is 4.27. The number of amides is 1. The maximum Gasteiger partial charge on any atom is 0.222 e. The first-order chi connectivity index (χ1) is 6.09. The van der Waals surface area contributed by atoms with Crippen LogP contribution in [0.4, 0.5) is 0 Å². The van der Waals surface area contributed by atoms with Gasteiger partial charge in [-0.2, -0.15) is 0 Å². The van der Waals surface area contributed by atoms with E-state index in [-0.39, 0.29) is 17.9 Å². The molecule has 0 aromatic carbocycles. The second-order valence-electron chi connectivity index (χ2n) is 4.23. The van der Waals surface area contributed by atoms with Crippen LogP contribution < -0.4 is 5.32 Å². The molecule has 0 radical (unpaired) electrons. The maximum absolute atomic E-state index is 11.4. The lowest BCUT2D eigenvalue weighted by atomic mass is 9.98. The molecule has 2 atom stereocenters. The lowest BCUT2D eigenvalue weighted by Crippen LogP contribution is -2.32. The van der Waals surface area contributed by atoms with Crippen molar-refractivity contribution < 1.29 is 9.53 Å². The van der Waals surface area contributed by atoms with Crippen LogP contribution in [0.1, 0.15) is 27.2 Å². The quantitative estimate of drug-likeness (QED) is 0.653.